The van der Waals surface area contributed by atoms with E-state index in [1.54, 1.807) is 6.92 Å². The number of halogens is 1. The van der Waals surface area contributed by atoms with Gasteiger partial charge in [0.15, 0.2) is 0 Å². The number of non-ortho nitro benzene ring substituents is 1. The first-order chi connectivity index (χ1) is 8.81. The van der Waals surface area contributed by atoms with Crippen LogP contribution in [-0.2, 0) is 0 Å². The Morgan fingerprint density at radius 2 is 2.16 bits per heavy atom. The van der Waals surface area contributed by atoms with Gasteiger partial charge in [-0.3, -0.25) is 14.9 Å². The maximum Gasteiger partial charge on any atom is 0.271 e. The molecule has 0 heterocycles. The second-order valence-corrected chi connectivity index (χ2v) is 4.92. The van der Waals surface area contributed by atoms with E-state index in [1.165, 1.54) is 12.1 Å². The van der Waals surface area contributed by atoms with Crippen LogP contribution in [0.3, 0.4) is 0 Å². The normalized spacial score (nSPS) is 13.7. The molecule has 1 aromatic carbocycles. The van der Waals surface area contributed by atoms with E-state index in [2.05, 4.69) is 5.32 Å². The highest BCUT2D eigenvalue weighted by Gasteiger charge is 2.24. The molecule has 0 aliphatic rings. The van der Waals surface area contributed by atoms with Crippen molar-refractivity contribution in [3.63, 3.8) is 0 Å². The van der Waals surface area contributed by atoms with Crippen molar-refractivity contribution in [2.24, 2.45) is 0 Å². The summed E-state index contributed by atoms with van der Waals surface area (Å²) in [6.07, 6.45) is 0.526. The lowest BCUT2D eigenvalue weighted by atomic mass is 9.99. The van der Waals surface area contributed by atoms with Gasteiger partial charge in [-0.25, -0.2) is 0 Å². The third kappa shape index (κ3) is 3.90. The number of hydrogen-bond acceptors (Lipinski definition) is 4. The number of nitro benzene ring substituents is 1. The standard InChI is InChI=1S/C12H15ClN2O4/c1-3-12(2,7-16)14-11(17)8-4-9(13)6-10(5-8)15(18)19/h4-6,16H,3,7H2,1-2H3,(H,14,17). The van der Waals surface area contributed by atoms with Crippen molar-refractivity contribution in [1.82, 2.24) is 5.32 Å². The van der Waals surface area contributed by atoms with E-state index < -0.39 is 16.4 Å². The van der Waals surface area contributed by atoms with E-state index in [1.807, 2.05) is 6.92 Å². The molecule has 1 unspecified atom stereocenters. The molecule has 1 atom stereocenters. The minimum absolute atomic E-state index is 0.0901. The molecule has 0 aliphatic heterocycles. The molecule has 104 valence electrons. The number of nitro groups is 1. The Kier molecular flexibility index (Phi) is 4.85. The van der Waals surface area contributed by atoms with Crippen LogP contribution >= 0.6 is 11.6 Å². The lowest BCUT2D eigenvalue weighted by molar-refractivity contribution is -0.384. The van der Waals surface area contributed by atoms with Crippen LogP contribution in [0.1, 0.15) is 30.6 Å². The Bertz CT molecular complexity index is 501. The van der Waals surface area contributed by atoms with Crippen molar-refractivity contribution in [2.45, 2.75) is 25.8 Å². The molecule has 0 radical (unpaired) electrons. The summed E-state index contributed by atoms with van der Waals surface area (Å²) >= 11 is 5.74. The summed E-state index contributed by atoms with van der Waals surface area (Å²) < 4.78 is 0. The van der Waals surface area contributed by atoms with Crippen LogP contribution in [0, 0.1) is 10.1 Å². The van der Waals surface area contributed by atoms with E-state index in [0.717, 1.165) is 6.07 Å². The number of nitrogens with zero attached hydrogens (tertiary/aromatic N) is 1. The average molecular weight is 287 g/mol. The molecule has 6 nitrogen and oxygen atoms in total. The van der Waals surface area contributed by atoms with Gasteiger partial charge in [0.25, 0.3) is 11.6 Å². The Hall–Kier alpha value is -1.66. The fourth-order valence-electron chi connectivity index (χ4n) is 1.40. The number of amides is 1. The second kappa shape index (κ2) is 5.99. The van der Waals surface area contributed by atoms with Gasteiger partial charge in [-0.1, -0.05) is 18.5 Å². The smallest absolute Gasteiger partial charge is 0.271 e. The quantitative estimate of drug-likeness (QED) is 0.640. The van der Waals surface area contributed by atoms with Crippen molar-refractivity contribution in [3.8, 4) is 0 Å². The summed E-state index contributed by atoms with van der Waals surface area (Å²) in [7, 11) is 0. The highest BCUT2D eigenvalue weighted by molar-refractivity contribution is 6.31. The van der Waals surface area contributed by atoms with Crippen LogP contribution in [0.4, 0.5) is 5.69 Å². The highest BCUT2D eigenvalue weighted by Crippen LogP contribution is 2.21. The topological polar surface area (TPSA) is 92.5 Å². The predicted octanol–water partition coefficient (Wildman–Crippen LogP) is 2.14. The van der Waals surface area contributed by atoms with Crippen molar-refractivity contribution < 1.29 is 14.8 Å². The molecular formula is C12H15ClN2O4. The summed E-state index contributed by atoms with van der Waals surface area (Å²) in [6.45, 7) is 3.28. The SMILES string of the molecule is CCC(C)(CO)NC(=O)c1cc(Cl)cc([N+](=O)[O-])c1. The molecule has 0 aliphatic carbocycles. The van der Waals surface area contributed by atoms with Gasteiger partial charge < -0.3 is 10.4 Å². The van der Waals surface area contributed by atoms with Gasteiger partial charge in [0.2, 0.25) is 0 Å². The number of carbonyl (C=O) groups is 1. The van der Waals surface area contributed by atoms with Crippen LogP contribution < -0.4 is 5.32 Å². The lowest BCUT2D eigenvalue weighted by Crippen LogP contribution is -2.48. The van der Waals surface area contributed by atoms with Gasteiger partial charge in [-0.05, 0) is 19.4 Å². The first kappa shape index (κ1) is 15.4. The van der Waals surface area contributed by atoms with Gasteiger partial charge in [-0.2, -0.15) is 0 Å². The lowest BCUT2D eigenvalue weighted by Gasteiger charge is -2.27. The van der Waals surface area contributed by atoms with Gasteiger partial charge in [0.05, 0.1) is 17.1 Å². The van der Waals surface area contributed by atoms with Crippen LogP contribution in [0.25, 0.3) is 0 Å². The van der Waals surface area contributed by atoms with E-state index in [9.17, 15) is 20.0 Å². The van der Waals surface area contributed by atoms with Crippen molar-refractivity contribution in [2.75, 3.05) is 6.61 Å². The first-order valence-electron chi connectivity index (χ1n) is 5.69. The first-order valence-corrected chi connectivity index (χ1v) is 6.07. The van der Waals surface area contributed by atoms with E-state index in [-0.39, 0.29) is 22.9 Å². The number of aliphatic hydroxyl groups excluding tert-OH is 1. The van der Waals surface area contributed by atoms with Crippen LogP contribution in [0.15, 0.2) is 18.2 Å². The molecule has 0 spiro atoms. The number of hydrogen-bond donors (Lipinski definition) is 2. The zero-order valence-corrected chi connectivity index (χ0v) is 11.4. The molecule has 0 saturated heterocycles. The van der Waals surface area contributed by atoms with Crippen molar-refractivity contribution in [3.05, 3.63) is 38.9 Å². The third-order valence-electron chi connectivity index (χ3n) is 2.90. The highest BCUT2D eigenvalue weighted by atomic mass is 35.5. The minimum Gasteiger partial charge on any atom is -0.394 e. The number of rotatable bonds is 5. The fourth-order valence-corrected chi connectivity index (χ4v) is 1.63. The summed E-state index contributed by atoms with van der Waals surface area (Å²) in [5.74, 6) is -0.510. The molecule has 7 heteroatoms. The number of aliphatic hydroxyl groups is 1. The Morgan fingerprint density at radius 3 is 2.63 bits per heavy atom. The average Bonchev–Trinajstić information content (AvgIpc) is 2.37. The molecule has 1 rings (SSSR count). The molecule has 2 N–H and O–H groups in total. The maximum atomic E-state index is 12.0. The number of benzene rings is 1. The molecule has 0 bridgehead atoms. The molecule has 0 saturated carbocycles. The predicted molar refractivity (Wildman–Crippen MR) is 71.4 cm³/mol. The third-order valence-corrected chi connectivity index (χ3v) is 3.12. The fraction of sp³-hybridized carbons (Fsp3) is 0.417. The van der Waals surface area contributed by atoms with Gasteiger partial charge >= 0.3 is 0 Å². The summed E-state index contributed by atoms with van der Waals surface area (Å²) in [5, 5.41) is 22.7. The molecule has 0 fully saturated rings. The van der Waals surface area contributed by atoms with Gasteiger partial charge in [0.1, 0.15) is 0 Å². The minimum atomic E-state index is -0.770. The second-order valence-electron chi connectivity index (χ2n) is 4.48. The monoisotopic (exact) mass is 286 g/mol. The van der Waals surface area contributed by atoms with Crippen molar-refractivity contribution >= 4 is 23.2 Å². The Morgan fingerprint density at radius 1 is 1.53 bits per heavy atom. The maximum absolute atomic E-state index is 12.0. The largest absolute Gasteiger partial charge is 0.394 e. The zero-order chi connectivity index (χ0) is 14.6. The Balaban J connectivity index is 3.03. The zero-order valence-electron chi connectivity index (χ0n) is 10.6. The van der Waals surface area contributed by atoms with Gasteiger partial charge in [0, 0.05) is 22.7 Å². The molecular weight excluding hydrogens is 272 g/mol. The summed E-state index contributed by atoms with van der Waals surface area (Å²) in [5.41, 5.74) is -0.930. The molecule has 1 amide bonds. The molecule has 0 aromatic heterocycles. The van der Waals surface area contributed by atoms with Crippen LogP contribution in [0.5, 0.6) is 0 Å². The van der Waals surface area contributed by atoms with E-state index in [4.69, 9.17) is 11.6 Å². The van der Waals surface area contributed by atoms with Gasteiger partial charge in [-0.15, -0.1) is 0 Å². The van der Waals surface area contributed by atoms with Crippen LogP contribution in [0.2, 0.25) is 5.02 Å². The molecule has 1 aromatic rings. The summed E-state index contributed by atoms with van der Waals surface area (Å²) in [6, 6.07) is 3.66. The Labute approximate surface area is 115 Å². The number of carbonyl (C=O) groups excluding carboxylic acids is 1. The summed E-state index contributed by atoms with van der Waals surface area (Å²) in [4.78, 5) is 22.1. The number of nitrogens with one attached hydrogen (secondary N) is 1. The van der Waals surface area contributed by atoms with E-state index in [0.29, 0.717) is 6.42 Å². The van der Waals surface area contributed by atoms with Crippen molar-refractivity contribution in [1.29, 1.82) is 0 Å². The molecule has 19 heavy (non-hydrogen) atoms. The van der Waals surface area contributed by atoms with Crippen LogP contribution in [-0.4, -0.2) is 28.1 Å². The van der Waals surface area contributed by atoms with E-state index >= 15 is 0 Å².